The molecule has 1 aromatic heterocycles. The van der Waals surface area contributed by atoms with Crippen molar-refractivity contribution in [3.63, 3.8) is 0 Å². The van der Waals surface area contributed by atoms with E-state index in [-0.39, 0.29) is 35.6 Å². The molecule has 1 heterocycles. The van der Waals surface area contributed by atoms with E-state index in [1.165, 1.54) is 10.6 Å². The third-order valence-corrected chi connectivity index (χ3v) is 5.23. The molecule has 8 nitrogen and oxygen atoms in total. The first-order valence-electron chi connectivity index (χ1n) is 11.1. The molecule has 0 radical (unpaired) electrons. The minimum atomic E-state index is -0.772. The SMILES string of the molecule is CCC(CO)NC(=O)c1cc(F)c(-n2nc(C(C)C)n(C)c2=O)cc1OC(C)CC(C)C. The zero-order valence-corrected chi connectivity index (χ0v) is 20.0. The molecule has 0 fully saturated rings. The highest BCUT2D eigenvalue weighted by atomic mass is 19.1. The van der Waals surface area contributed by atoms with Crippen LogP contribution in [0, 0.1) is 11.7 Å². The van der Waals surface area contributed by atoms with E-state index in [4.69, 9.17) is 4.74 Å². The van der Waals surface area contributed by atoms with Crippen molar-refractivity contribution in [2.45, 2.75) is 72.4 Å². The molecule has 1 aromatic carbocycles. The Kier molecular flexibility index (Phi) is 8.60. The van der Waals surface area contributed by atoms with E-state index >= 15 is 4.39 Å². The number of hydrogen-bond acceptors (Lipinski definition) is 5. The van der Waals surface area contributed by atoms with E-state index in [1.807, 2.05) is 27.7 Å². The molecule has 0 aliphatic heterocycles. The number of hydrogen-bond donors (Lipinski definition) is 2. The predicted molar refractivity (Wildman–Crippen MR) is 121 cm³/mol. The first-order valence-corrected chi connectivity index (χ1v) is 11.1. The van der Waals surface area contributed by atoms with E-state index < -0.39 is 23.5 Å². The Morgan fingerprint density at radius 1 is 1.25 bits per heavy atom. The van der Waals surface area contributed by atoms with Crippen molar-refractivity contribution < 1.29 is 19.0 Å². The summed E-state index contributed by atoms with van der Waals surface area (Å²) in [4.78, 5) is 25.6. The van der Waals surface area contributed by atoms with E-state index in [2.05, 4.69) is 24.3 Å². The van der Waals surface area contributed by atoms with Gasteiger partial charge in [0.15, 0.2) is 0 Å². The van der Waals surface area contributed by atoms with E-state index in [0.717, 1.165) is 17.2 Å². The van der Waals surface area contributed by atoms with Gasteiger partial charge in [-0.2, -0.15) is 4.68 Å². The van der Waals surface area contributed by atoms with Crippen LogP contribution in [-0.2, 0) is 7.05 Å². The highest BCUT2D eigenvalue weighted by Crippen LogP contribution is 2.28. The summed E-state index contributed by atoms with van der Waals surface area (Å²) in [5, 5.41) is 16.4. The van der Waals surface area contributed by atoms with Crippen molar-refractivity contribution in [3.05, 3.63) is 39.8 Å². The lowest BCUT2D eigenvalue weighted by molar-refractivity contribution is 0.0906. The third kappa shape index (κ3) is 5.76. The van der Waals surface area contributed by atoms with Crippen LogP contribution in [0.3, 0.4) is 0 Å². The van der Waals surface area contributed by atoms with Crippen LogP contribution in [0.15, 0.2) is 16.9 Å². The number of aliphatic hydroxyl groups excluding tert-OH is 1. The normalized spacial score (nSPS) is 13.5. The van der Waals surface area contributed by atoms with Crippen LogP contribution in [-0.4, -0.2) is 44.1 Å². The number of carbonyl (C=O) groups is 1. The van der Waals surface area contributed by atoms with Crippen LogP contribution in [0.4, 0.5) is 4.39 Å². The Labute approximate surface area is 188 Å². The van der Waals surface area contributed by atoms with Gasteiger partial charge in [0.1, 0.15) is 23.1 Å². The molecule has 178 valence electrons. The second-order valence-corrected chi connectivity index (χ2v) is 8.89. The van der Waals surface area contributed by atoms with Crippen molar-refractivity contribution in [1.82, 2.24) is 19.7 Å². The molecular formula is C23H35FN4O4. The first-order chi connectivity index (χ1) is 15.0. The maximum Gasteiger partial charge on any atom is 0.350 e. The molecule has 1 amide bonds. The highest BCUT2D eigenvalue weighted by molar-refractivity contribution is 5.97. The average Bonchev–Trinajstić information content (AvgIpc) is 3.01. The summed E-state index contributed by atoms with van der Waals surface area (Å²) in [5.41, 5.74) is -0.575. The van der Waals surface area contributed by atoms with Crippen molar-refractivity contribution in [1.29, 1.82) is 0 Å². The molecule has 32 heavy (non-hydrogen) atoms. The van der Waals surface area contributed by atoms with Crippen LogP contribution in [0.1, 0.15) is 76.5 Å². The van der Waals surface area contributed by atoms with Gasteiger partial charge in [-0.3, -0.25) is 9.36 Å². The van der Waals surface area contributed by atoms with Crippen LogP contribution < -0.4 is 15.7 Å². The van der Waals surface area contributed by atoms with Crippen molar-refractivity contribution in [2.75, 3.05) is 6.61 Å². The summed E-state index contributed by atoms with van der Waals surface area (Å²) in [5.74, 6) is -0.337. The summed E-state index contributed by atoms with van der Waals surface area (Å²) < 4.78 is 23.6. The second kappa shape index (κ2) is 10.8. The van der Waals surface area contributed by atoms with Gasteiger partial charge in [-0.05, 0) is 31.7 Å². The van der Waals surface area contributed by atoms with E-state index in [0.29, 0.717) is 18.2 Å². The maximum absolute atomic E-state index is 15.2. The molecule has 2 N–H and O–H groups in total. The number of halogens is 1. The van der Waals surface area contributed by atoms with E-state index in [1.54, 1.807) is 7.05 Å². The van der Waals surface area contributed by atoms with Gasteiger partial charge < -0.3 is 15.2 Å². The lowest BCUT2D eigenvalue weighted by Gasteiger charge is -2.21. The number of aliphatic hydroxyl groups is 1. The quantitative estimate of drug-likeness (QED) is 0.579. The van der Waals surface area contributed by atoms with Crippen molar-refractivity contribution in [3.8, 4) is 11.4 Å². The van der Waals surface area contributed by atoms with Crippen molar-refractivity contribution in [2.24, 2.45) is 13.0 Å². The van der Waals surface area contributed by atoms with Gasteiger partial charge in [0, 0.05) is 19.0 Å². The van der Waals surface area contributed by atoms with Gasteiger partial charge in [0.25, 0.3) is 5.91 Å². The number of ether oxygens (including phenoxy) is 1. The third-order valence-electron chi connectivity index (χ3n) is 5.23. The number of benzene rings is 1. The molecule has 0 saturated heterocycles. The predicted octanol–water partition coefficient (Wildman–Crippen LogP) is 3.15. The standard InChI is InChI=1S/C23H35FN4O4/c1-8-16(12-29)25-22(30)17-10-18(24)19(11-20(17)32-15(6)9-13(2)3)28-23(31)27(7)21(26-28)14(4)5/h10-11,13-16,29H,8-9,12H2,1-7H3,(H,25,30). The Balaban J connectivity index is 2.59. The largest absolute Gasteiger partial charge is 0.490 e. The first kappa shape index (κ1) is 25.6. The Morgan fingerprint density at radius 3 is 2.41 bits per heavy atom. The molecular weight excluding hydrogens is 415 g/mol. The van der Waals surface area contributed by atoms with E-state index in [9.17, 15) is 14.7 Å². The molecule has 2 unspecified atom stereocenters. The fourth-order valence-corrected chi connectivity index (χ4v) is 3.56. The van der Waals surface area contributed by atoms with Gasteiger partial charge in [-0.1, -0.05) is 34.6 Å². The van der Waals surface area contributed by atoms with Gasteiger partial charge in [0.05, 0.1) is 24.3 Å². The summed E-state index contributed by atoms with van der Waals surface area (Å²) in [7, 11) is 1.59. The second-order valence-electron chi connectivity index (χ2n) is 8.89. The summed E-state index contributed by atoms with van der Waals surface area (Å²) in [6.07, 6.45) is 0.999. The van der Waals surface area contributed by atoms with Gasteiger partial charge in [0.2, 0.25) is 0 Å². The number of amides is 1. The fraction of sp³-hybridized carbons (Fsp3) is 0.609. The molecule has 0 saturated carbocycles. The van der Waals surface area contributed by atoms with Crippen LogP contribution in [0.2, 0.25) is 0 Å². The van der Waals surface area contributed by atoms with Crippen LogP contribution in [0.25, 0.3) is 5.69 Å². The highest BCUT2D eigenvalue weighted by Gasteiger charge is 2.24. The monoisotopic (exact) mass is 450 g/mol. The fourth-order valence-electron chi connectivity index (χ4n) is 3.56. The summed E-state index contributed by atoms with van der Waals surface area (Å²) >= 11 is 0. The van der Waals surface area contributed by atoms with Gasteiger partial charge >= 0.3 is 5.69 Å². The lowest BCUT2D eigenvalue weighted by Crippen LogP contribution is -2.37. The number of nitrogens with one attached hydrogen (secondary N) is 1. The zero-order valence-electron chi connectivity index (χ0n) is 20.0. The minimum absolute atomic E-state index is 0.00168. The maximum atomic E-state index is 15.2. The molecule has 9 heteroatoms. The lowest BCUT2D eigenvalue weighted by atomic mass is 10.1. The smallest absolute Gasteiger partial charge is 0.350 e. The number of nitrogens with zero attached hydrogens (tertiary/aromatic N) is 3. The van der Waals surface area contributed by atoms with Crippen LogP contribution in [0.5, 0.6) is 5.75 Å². The molecule has 0 aliphatic carbocycles. The average molecular weight is 451 g/mol. The van der Waals surface area contributed by atoms with Gasteiger partial charge in [-0.25, -0.2) is 9.18 Å². The number of aromatic nitrogens is 3. The Morgan fingerprint density at radius 2 is 1.91 bits per heavy atom. The molecule has 0 spiro atoms. The van der Waals surface area contributed by atoms with Crippen molar-refractivity contribution >= 4 is 5.91 Å². The summed E-state index contributed by atoms with van der Waals surface area (Å²) in [6.45, 7) is 11.4. The Hall–Kier alpha value is -2.68. The number of rotatable bonds is 10. The zero-order chi connectivity index (χ0) is 24.2. The van der Waals surface area contributed by atoms with Crippen LogP contribution >= 0.6 is 0 Å². The molecule has 2 atom stereocenters. The summed E-state index contributed by atoms with van der Waals surface area (Å²) in [6, 6.07) is 1.94. The molecule has 0 bridgehead atoms. The molecule has 2 aromatic rings. The Bertz CT molecular complexity index is 993. The molecule has 2 rings (SSSR count). The topological polar surface area (TPSA) is 98.4 Å². The van der Waals surface area contributed by atoms with Gasteiger partial charge in [-0.15, -0.1) is 5.10 Å². The number of carbonyl (C=O) groups excluding carboxylic acids is 1. The molecule has 0 aliphatic rings. The minimum Gasteiger partial charge on any atom is -0.490 e.